The molecule has 0 atom stereocenters. The Morgan fingerprint density at radius 2 is 2.04 bits per heavy atom. The maximum absolute atomic E-state index is 12.0. The number of amides is 1. The lowest BCUT2D eigenvalue weighted by Gasteiger charge is -2.10. The van der Waals surface area contributed by atoms with Gasteiger partial charge in [0.15, 0.2) is 0 Å². The third-order valence-corrected chi connectivity index (χ3v) is 3.42. The summed E-state index contributed by atoms with van der Waals surface area (Å²) in [6, 6.07) is 11.2. The van der Waals surface area contributed by atoms with E-state index in [0.29, 0.717) is 12.2 Å². The van der Waals surface area contributed by atoms with Gasteiger partial charge in [0, 0.05) is 18.3 Å². The Kier molecular flexibility index (Phi) is 6.57. The van der Waals surface area contributed by atoms with Crippen molar-refractivity contribution >= 4 is 17.3 Å². The molecule has 2 aromatic rings. The number of aromatic nitrogens is 1. The molecule has 1 amide bonds. The van der Waals surface area contributed by atoms with Crippen molar-refractivity contribution in [1.29, 1.82) is 0 Å². The average Bonchev–Trinajstić information content (AvgIpc) is 2.59. The summed E-state index contributed by atoms with van der Waals surface area (Å²) < 4.78 is 5.19. The van der Waals surface area contributed by atoms with Crippen LogP contribution in [0, 0.1) is 0 Å². The fourth-order valence-electron chi connectivity index (χ4n) is 2.16. The molecular weight excluding hydrogens is 304 g/mol. The van der Waals surface area contributed by atoms with E-state index in [0.717, 1.165) is 30.1 Å². The van der Waals surface area contributed by atoms with Gasteiger partial charge in [0.1, 0.15) is 11.4 Å². The SMILES string of the molecule is COc1cccc(Nc2ccc(C(=O)NCCCN(C)C)nc2)c1. The van der Waals surface area contributed by atoms with E-state index in [1.807, 2.05) is 44.4 Å². The lowest BCUT2D eigenvalue weighted by Crippen LogP contribution is -2.27. The number of hydrogen-bond acceptors (Lipinski definition) is 5. The number of benzene rings is 1. The van der Waals surface area contributed by atoms with Crippen molar-refractivity contribution in [3.05, 3.63) is 48.3 Å². The molecule has 2 N–H and O–H groups in total. The number of nitrogens with one attached hydrogen (secondary N) is 2. The largest absolute Gasteiger partial charge is 0.497 e. The molecule has 0 saturated heterocycles. The normalized spacial score (nSPS) is 10.5. The number of carbonyl (C=O) groups excluding carboxylic acids is 1. The van der Waals surface area contributed by atoms with Gasteiger partial charge in [-0.2, -0.15) is 0 Å². The summed E-state index contributed by atoms with van der Waals surface area (Å²) in [4.78, 5) is 18.3. The van der Waals surface area contributed by atoms with Crippen molar-refractivity contribution in [2.45, 2.75) is 6.42 Å². The summed E-state index contributed by atoms with van der Waals surface area (Å²) in [5, 5.41) is 6.10. The summed E-state index contributed by atoms with van der Waals surface area (Å²) in [7, 11) is 5.65. The standard InChI is InChI=1S/C18H24N4O2/c1-22(2)11-5-10-19-18(23)17-9-8-15(13-20-17)21-14-6-4-7-16(12-14)24-3/h4,6-9,12-13,21H,5,10-11H2,1-3H3,(H,19,23). The van der Waals surface area contributed by atoms with Crippen molar-refractivity contribution in [2.75, 3.05) is 39.6 Å². The molecule has 1 aromatic carbocycles. The van der Waals surface area contributed by atoms with Gasteiger partial charge in [0.05, 0.1) is 19.0 Å². The molecular formula is C18H24N4O2. The molecule has 128 valence electrons. The van der Waals surface area contributed by atoms with Crippen LogP contribution < -0.4 is 15.4 Å². The first-order valence-corrected chi connectivity index (χ1v) is 7.88. The molecule has 0 aliphatic rings. The number of carbonyl (C=O) groups is 1. The zero-order valence-corrected chi connectivity index (χ0v) is 14.4. The molecule has 1 heterocycles. The molecule has 6 heteroatoms. The first kappa shape index (κ1) is 17.7. The summed E-state index contributed by atoms with van der Waals surface area (Å²) in [6.45, 7) is 1.58. The monoisotopic (exact) mass is 328 g/mol. The van der Waals surface area contributed by atoms with Crippen LogP contribution in [-0.2, 0) is 0 Å². The van der Waals surface area contributed by atoms with Crippen LogP contribution in [0.4, 0.5) is 11.4 Å². The van der Waals surface area contributed by atoms with E-state index in [-0.39, 0.29) is 5.91 Å². The van der Waals surface area contributed by atoms with Gasteiger partial charge >= 0.3 is 0 Å². The van der Waals surface area contributed by atoms with E-state index in [1.54, 1.807) is 19.4 Å². The van der Waals surface area contributed by atoms with Crippen molar-refractivity contribution in [2.24, 2.45) is 0 Å². The minimum Gasteiger partial charge on any atom is -0.497 e. The first-order valence-electron chi connectivity index (χ1n) is 7.88. The van der Waals surface area contributed by atoms with Crippen LogP contribution in [0.1, 0.15) is 16.9 Å². The second kappa shape index (κ2) is 8.88. The van der Waals surface area contributed by atoms with Crippen LogP contribution in [0.2, 0.25) is 0 Å². The van der Waals surface area contributed by atoms with Gasteiger partial charge in [-0.15, -0.1) is 0 Å². The van der Waals surface area contributed by atoms with E-state index < -0.39 is 0 Å². The predicted octanol–water partition coefficient (Wildman–Crippen LogP) is 2.52. The Bertz CT molecular complexity index is 656. The number of rotatable bonds is 8. The fourth-order valence-corrected chi connectivity index (χ4v) is 2.16. The zero-order chi connectivity index (χ0) is 17.4. The quantitative estimate of drug-likeness (QED) is 0.729. The highest BCUT2D eigenvalue weighted by Crippen LogP contribution is 2.20. The van der Waals surface area contributed by atoms with Crippen LogP contribution in [0.5, 0.6) is 5.75 Å². The zero-order valence-electron chi connectivity index (χ0n) is 14.4. The summed E-state index contributed by atoms with van der Waals surface area (Å²) in [5.74, 6) is 0.628. The fraction of sp³-hybridized carbons (Fsp3) is 0.333. The van der Waals surface area contributed by atoms with Crippen molar-refractivity contribution in [1.82, 2.24) is 15.2 Å². The Morgan fingerprint density at radius 1 is 1.21 bits per heavy atom. The predicted molar refractivity (Wildman–Crippen MR) is 96.0 cm³/mol. The molecule has 0 unspecified atom stereocenters. The van der Waals surface area contributed by atoms with Crippen molar-refractivity contribution in [3.63, 3.8) is 0 Å². The van der Waals surface area contributed by atoms with Crippen LogP contribution in [0.15, 0.2) is 42.6 Å². The molecule has 0 spiro atoms. The topological polar surface area (TPSA) is 66.5 Å². The first-order chi connectivity index (χ1) is 11.6. The number of methoxy groups -OCH3 is 1. The van der Waals surface area contributed by atoms with Gasteiger partial charge < -0.3 is 20.3 Å². The van der Waals surface area contributed by atoms with Gasteiger partial charge in [-0.25, -0.2) is 4.98 Å². The van der Waals surface area contributed by atoms with Gasteiger partial charge in [0.2, 0.25) is 0 Å². The van der Waals surface area contributed by atoms with Gasteiger partial charge in [-0.3, -0.25) is 4.79 Å². The Morgan fingerprint density at radius 3 is 2.71 bits per heavy atom. The molecule has 0 bridgehead atoms. The lowest BCUT2D eigenvalue weighted by atomic mass is 10.2. The maximum atomic E-state index is 12.0. The summed E-state index contributed by atoms with van der Waals surface area (Å²) >= 11 is 0. The van der Waals surface area contributed by atoms with Crippen LogP contribution in [-0.4, -0.2) is 50.1 Å². The number of ether oxygens (including phenoxy) is 1. The second-order valence-corrected chi connectivity index (χ2v) is 5.70. The van der Waals surface area contributed by atoms with Gasteiger partial charge in [0.25, 0.3) is 5.91 Å². The van der Waals surface area contributed by atoms with Crippen LogP contribution in [0.3, 0.4) is 0 Å². The number of nitrogens with zero attached hydrogens (tertiary/aromatic N) is 2. The van der Waals surface area contributed by atoms with E-state index in [1.165, 1.54) is 0 Å². The summed E-state index contributed by atoms with van der Waals surface area (Å²) in [6.07, 6.45) is 2.56. The van der Waals surface area contributed by atoms with Crippen molar-refractivity contribution in [3.8, 4) is 5.75 Å². The molecule has 0 fully saturated rings. The number of hydrogen-bond donors (Lipinski definition) is 2. The summed E-state index contributed by atoms with van der Waals surface area (Å²) in [5.41, 5.74) is 2.13. The molecule has 0 aliphatic carbocycles. The molecule has 6 nitrogen and oxygen atoms in total. The van der Waals surface area contributed by atoms with Gasteiger partial charge in [-0.1, -0.05) is 6.07 Å². The molecule has 0 aliphatic heterocycles. The number of anilines is 2. The van der Waals surface area contributed by atoms with Crippen molar-refractivity contribution < 1.29 is 9.53 Å². The third-order valence-electron chi connectivity index (χ3n) is 3.42. The molecule has 24 heavy (non-hydrogen) atoms. The highest BCUT2D eigenvalue weighted by atomic mass is 16.5. The minimum atomic E-state index is -0.151. The highest BCUT2D eigenvalue weighted by Gasteiger charge is 2.06. The average molecular weight is 328 g/mol. The van der Waals surface area contributed by atoms with E-state index in [2.05, 4.69) is 20.5 Å². The Hall–Kier alpha value is -2.60. The smallest absolute Gasteiger partial charge is 0.269 e. The molecule has 0 saturated carbocycles. The molecule has 0 radical (unpaired) electrons. The maximum Gasteiger partial charge on any atom is 0.269 e. The van der Waals surface area contributed by atoms with E-state index >= 15 is 0 Å². The lowest BCUT2D eigenvalue weighted by molar-refractivity contribution is 0.0947. The Labute approximate surface area is 142 Å². The second-order valence-electron chi connectivity index (χ2n) is 5.70. The van der Waals surface area contributed by atoms with E-state index in [4.69, 9.17) is 4.74 Å². The Balaban J connectivity index is 1.88. The van der Waals surface area contributed by atoms with Gasteiger partial charge in [-0.05, 0) is 51.3 Å². The van der Waals surface area contributed by atoms with E-state index in [9.17, 15) is 4.79 Å². The highest BCUT2D eigenvalue weighted by molar-refractivity contribution is 5.92. The van der Waals surface area contributed by atoms with Crippen LogP contribution in [0.25, 0.3) is 0 Å². The molecule has 2 rings (SSSR count). The molecule has 1 aromatic heterocycles. The number of pyridine rings is 1. The third kappa shape index (κ3) is 5.55. The van der Waals surface area contributed by atoms with Crippen LogP contribution >= 0.6 is 0 Å². The minimum absolute atomic E-state index is 0.151.